The molecule has 0 radical (unpaired) electrons. The summed E-state index contributed by atoms with van der Waals surface area (Å²) in [6, 6.07) is 67.1. The van der Waals surface area contributed by atoms with Gasteiger partial charge in [0.25, 0.3) is 0 Å². The molecule has 0 aliphatic carbocycles. The first kappa shape index (κ1) is 30.7. The zero-order valence-corrected chi connectivity index (χ0v) is 30.2. The monoisotopic (exact) mass is 688 g/mol. The molecule has 2 heteroatoms. The van der Waals surface area contributed by atoms with Crippen molar-refractivity contribution in [3.05, 3.63) is 182 Å². The van der Waals surface area contributed by atoms with Crippen LogP contribution in [0.15, 0.2) is 182 Å². The van der Waals surface area contributed by atoms with E-state index in [1.165, 1.54) is 110 Å². The molecule has 0 fully saturated rings. The van der Waals surface area contributed by atoms with Gasteiger partial charge >= 0.3 is 0 Å². The number of nitrogens with zero attached hydrogens (tertiary/aromatic N) is 2. The lowest BCUT2D eigenvalue weighted by Crippen LogP contribution is -1.94. The molecule has 0 aliphatic rings. The van der Waals surface area contributed by atoms with Crippen LogP contribution in [-0.2, 0) is 14.1 Å². The van der Waals surface area contributed by atoms with E-state index in [2.05, 4.69) is 205 Å². The molecule has 0 spiro atoms. The highest BCUT2D eigenvalue weighted by Gasteiger charge is 2.20. The minimum atomic E-state index is 1.21. The Morgan fingerprint density at radius 1 is 0.278 bits per heavy atom. The smallest absolute Gasteiger partial charge is 0.0568 e. The first-order valence-corrected chi connectivity index (χ1v) is 18.7. The number of para-hydroxylation sites is 4. The summed E-state index contributed by atoms with van der Waals surface area (Å²) in [5, 5.41) is 10.1. The van der Waals surface area contributed by atoms with Crippen LogP contribution in [0.3, 0.4) is 0 Å². The second-order valence-corrected chi connectivity index (χ2v) is 14.6. The van der Waals surface area contributed by atoms with Gasteiger partial charge in [0.1, 0.15) is 0 Å². The molecule has 2 aromatic heterocycles. The summed E-state index contributed by atoms with van der Waals surface area (Å²) in [6.07, 6.45) is 0. The van der Waals surface area contributed by atoms with Gasteiger partial charge in [0, 0.05) is 57.8 Å². The van der Waals surface area contributed by atoms with E-state index >= 15 is 0 Å². The van der Waals surface area contributed by atoms with Gasteiger partial charge in [0.15, 0.2) is 0 Å². The van der Waals surface area contributed by atoms with Gasteiger partial charge in [-0.2, -0.15) is 0 Å². The molecule has 2 nitrogen and oxygen atoms in total. The molecular weight excluding hydrogens is 653 g/mol. The van der Waals surface area contributed by atoms with Crippen LogP contribution in [0.4, 0.5) is 0 Å². The summed E-state index contributed by atoms with van der Waals surface area (Å²) in [6.45, 7) is 0. The van der Waals surface area contributed by atoms with Crippen molar-refractivity contribution in [3.8, 4) is 44.5 Å². The number of hydrogen-bond donors (Lipinski definition) is 0. The summed E-state index contributed by atoms with van der Waals surface area (Å²) in [5.74, 6) is 0. The SMILES string of the molecule is Cn1c2ccccc2c2cccc(-c3cccc4c(-c5ccc(-c6ccccc6)cc5)c5cccc(-c6cccc7c8ccccc8n(C)c67)c5cc34)c21. The first-order chi connectivity index (χ1) is 26.7. The second-order valence-electron chi connectivity index (χ2n) is 14.6. The van der Waals surface area contributed by atoms with E-state index in [1.54, 1.807) is 0 Å². The summed E-state index contributed by atoms with van der Waals surface area (Å²) < 4.78 is 4.74. The van der Waals surface area contributed by atoms with E-state index in [9.17, 15) is 0 Å². The number of aryl methyl sites for hydroxylation is 2. The summed E-state index contributed by atoms with van der Waals surface area (Å²) in [5.41, 5.74) is 14.9. The molecule has 11 aromatic rings. The highest BCUT2D eigenvalue weighted by Crippen LogP contribution is 2.46. The summed E-state index contributed by atoms with van der Waals surface area (Å²) in [7, 11) is 4.41. The third kappa shape index (κ3) is 4.41. The van der Waals surface area contributed by atoms with E-state index in [-0.39, 0.29) is 0 Å². The van der Waals surface area contributed by atoms with Crippen LogP contribution >= 0.6 is 0 Å². The molecule has 0 saturated heterocycles. The number of hydrogen-bond acceptors (Lipinski definition) is 0. The van der Waals surface area contributed by atoms with Gasteiger partial charge in [-0.3, -0.25) is 0 Å². The van der Waals surface area contributed by atoms with E-state index in [0.717, 1.165) is 0 Å². The zero-order chi connectivity index (χ0) is 35.9. The molecule has 0 unspecified atom stereocenters. The number of aromatic nitrogens is 2. The molecule has 9 aromatic carbocycles. The maximum atomic E-state index is 2.47. The largest absolute Gasteiger partial charge is 0.343 e. The lowest BCUT2D eigenvalue weighted by molar-refractivity contribution is 1.02. The van der Waals surface area contributed by atoms with Crippen molar-refractivity contribution in [2.24, 2.45) is 14.1 Å². The molecule has 0 atom stereocenters. The molecule has 0 aliphatic heterocycles. The summed E-state index contributed by atoms with van der Waals surface area (Å²) >= 11 is 0. The van der Waals surface area contributed by atoms with Gasteiger partial charge < -0.3 is 9.13 Å². The highest BCUT2D eigenvalue weighted by molar-refractivity contribution is 6.23. The number of benzene rings is 9. The molecule has 254 valence electrons. The van der Waals surface area contributed by atoms with Gasteiger partial charge in [-0.15, -0.1) is 0 Å². The fourth-order valence-corrected chi connectivity index (χ4v) is 9.32. The van der Waals surface area contributed by atoms with Crippen molar-refractivity contribution in [1.29, 1.82) is 0 Å². The summed E-state index contributed by atoms with van der Waals surface area (Å²) in [4.78, 5) is 0. The second kappa shape index (κ2) is 11.8. The maximum Gasteiger partial charge on any atom is 0.0568 e. The molecule has 54 heavy (non-hydrogen) atoms. The lowest BCUT2D eigenvalue weighted by Gasteiger charge is -2.19. The van der Waals surface area contributed by atoms with Crippen molar-refractivity contribution in [1.82, 2.24) is 9.13 Å². The van der Waals surface area contributed by atoms with Crippen LogP contribution < -0.4 is 0 Å². The molecule has 2 heterocycles. The average molecular weight is 689 g/mol. The van der Waals surface area contributed by atoms with Crippen molar-refractivity contribution in [3.63, 3.8) is 0 Å². The quantitative estimate of drug-likeness (QED) is 0.163. The third-order valence-corrected chi connectivity index (χ3v) is 11.8. The van der Waals surface area contributed by atoms with Gasteiger partial charge in [-0.05, 0) is 73.1 Å². The molecule has 0 N–H and O–H groups in total. The zero-order valence-electron chi connectivity index (χ0n) is 30.2. The standard InChI is InChI=1S/C52H36N2/c1-53-48-26-8-6-16-38(48)44-24-12-22-42(51(44)53)36-18-10-20-40-46(36)32-47-37(43-23-13-25-45-39-17-7-9-27-49(39)54(2)52(43)45)19-11-21-41(47)50(40)35-30-28-34(29-31-35)33-14-4-3-5-15-33/h3-32H,1-2H3. The van der Waals surface area contributed by atoms with E-state index in [4.69, 9.17) is 0 Å². The van der Waals surface area contributed by atoms with Crippen molar-refractivity contribution >= 4 is 65.2 Å². The fourth-order valence-electron chi connectivity index (χ4n) is 9.32. The van der Waals surface area contributed by atoms with E-state index in [0.29, 0.717) is 0 Å². The average Bonchev–Trinajstić information content (AvgIpc) is 3.70. The molecule has 11 rings (SSSR count). The molecule has 0 bridgehead atoms. The van der Waals surface area contributed by atoms with Gasteiger partial charge in [0.05, 0.1) is 11.0 Å². The normalized spacial score (nSPS) is 11.9. The van der Waals surface area contributed by atoms with Crippen LogP contribution in [0.2, 0.25) is 0 Å². The van der Waals surface area contributed by atoms with Crippen LogP contribution in [0.5, 0.6) is 0 Å². The Balaban J connectivity index is 1.25. The predicted molar refractivity (Wildman–Crippen MR) is 231 cm³/mol. The lowest BCUT2D eigenvalue weighted by atomic mass is 9.85. The number of rotatable bonds is 4. The minimum absolute atomic E-state index is 1.21. The Morgan fingerprint density at radius 3 is 1.19 bits per heavy atom. The Kier molecular flexibility index (Phi) is 6.72. The highest BCUT2D eigenvalue weighted by atomic mass is 14.9. The van der Waals surface area contributed by atoms with Gasteiger partial charge in [0.2, 0.25) is 0 Å². The Morgan fingerprint density at radius 2 is 0.667 bits per heavy atom. The van der Waals surface area contributed by atoms with Crippen molar-refractivity contribution in [2.45, 2.75) is 0 Å². The minimum Gasteiger partial charge on any atom is -0.343 e. The Labute approximate surface area is 313 Å². The van der Waals surface area contributed by atoms with E-state index < -0.39 is 0 Å². The molecule has 0 saturated carbocycles. The third-order valence-electron chi connectivity index (χ3n) is 11.8. The van der Waals surface area contributed by atoms with Gasteiger partial charge in [-0.1, -0.05) is 164 Å². The predicted octanol–water partition coefficient (Wildman–Crippen LogP) is 14.0. The van der Waals surface area contributed by atoms with Gasteiger partial charge in [-0.25, -0.2) is 0 Å². The van der Waals surface area contributed by atoms with Crippen LogP contribution in [0.25, 0.3) is 110 Å². The first-order valence-electron chi connectivity index (χ1n) is 18.7. The van der Waals surface area contributed by atoms with Crippen LogP contribution in [0.1, 0.15) is 0 Å². The fraction of sp³-hybridized carbons (Fsp3) is 0.0385. The Hall–Kier alpha value is -6.90. The Bertz CT molecular complexity index is 3090. The number of fused-ring (bicyclic) bond motifs is 8. The van der Waals surface area contributed by atoms with Crippen molar-refractivity contribution < 1.29 is 0 Å². The van der Waals surface area contributed by atoms with Crippen LogP contribution in [-0.4, -0.2) is 9.13 Å². The van der Waals surface area contributed by atoms with Crippen LogP contribution in [0, 0.1) is 0 Å². The molecule has 0 amide bonds. The van der Waals surface area contributed by atoms with E-state index in [1.807, 2.05) is 0 Å². The molecular formula is C52H36N2. The van der Waals surface area contributed by atoms with Crippen molar-refractivity contribution in [2.75, 3.05) is 0 Å². The maximum absolute atomic E-state index is 2.47. The topological polar surface area (TPSA) is 9.86 Å².